The lowest BCUT2D eigenvalue weighted by Gasteiger charge is -2.18. The maximum absolute atomic E-state index is 2.36. The molecule has 178 valence electrons. The summed E-state index contributed by atoms with van der Waals surface area (Å²) in [4.78, 5) is 0. The van der Waals surface area contributed by atoms with E-state index in [2.05, 4.69) is 153 Å². The van der Waals surface area contributed by atoms with Crippen LogP contribution in [0.3, 0.4) is 0 Å². The van der Waals surface area contributed by atoms with Gasteiger partial charge in [-0.3, -0.25) is 0 Å². The van der Waals surface area contributed by atoms with Gasteiger partial charge in [0.05, 0.1) is 5.56 Å². The molecule has 0 unspecified atom stereocenters. The standard InChI is InChI=1S/C36H30N/c1-25-13-17-28(18-14-25)32-23-31(27-9-5-4-6-10-27)24-33(29-19-15-26(2)16-20-29)36(32)35-22-21-30-11-7-8-12-34(30)37(35)3/h4-24H,1-3H3/q+1. The van der Waals surface area contributed by atoms with Crippen molar-refractivity contribution < 1.29 is 4.57 Å². The number of nitrogens with zero attached hydrogens (tertiary/aromatic N) is 1. The summed E-state index contributed by atoms with van der Waals surface area (Å²) < 4.78 is 2.34. The van der Waals surface area contributed by atoms with Crippen molar-refractivity contribution in [3.05, 3.63) is 139 Å². The zero-order valence-corrected chi connectivity index (χ0v) is 21.6. The van der Waals surface area contributed by atoms with Crippen molar-refractivity contribution in [2.24, 2.45) is 7.05 Å². The highest BCUT2D eigenvalue weighted by molar-refractivity contribution is 5.96. The van der Waals surface area contributed by atoms with Crippen LogP contribution in [0.25, 0.3) is 55.5 Å². The van der Waals surface area contributed by atoms with Crippen LogP contribution in [0, 0.1) is 13.8 Å². The Morgan fingerprint density at radius 3 is 1.59 bits per heavy atom. The van der Waals surface area contributed by atoms with E-state index in [4.69, 9.17) is 0 Å². The van der Waals surface area contributed by atoms with Gasteiger partial charge in [0, 0.05) is 17.5 Å². The van der Waals surface area contributed by atoms with Crippen molar-refractivity contribution in [1.29, 1.82) is 0 Å². The highest BCUT2D eigenvalue weighted by atomic mass is 14.9. The van der Waals surface area contributed by atoms with Crippen molar-refractivity contribution in [2.45, 2.75) is 13.8 Å². The summed E-state index contributed by atoms with van der Waals surface area (Å²) in [5.74, 6) is 0. The minimum absolute atomic E-state index is 1.20. The van der Waals surface area contributed by atoms with Crippen LogP contribution >= 0.6 is 0 Å². The van der Waals surface area contributed by atoms with Crippen molar-refractivity contribution >= 4 is 10.9 Å². The first-order chi connectivity index (χ1) is 18.1. The number of benzene rings is 5. The zero-order chi connectivity index (χ0) is 25.4. The van der Waals surface area contributed by atoms with E-state index in [9.17, 15) is 0 Å². The molecule has 0 amide bonds. The van der Waals surface area contributed by atoms with Gasteiger partial charge in [-0.05, 0) is 71.5 Å². The first-order valence-electron chi connectivity index (χ1n) is 12.8. The minimum atomic E-state index is 1.20. The van der Waals surface area contributed by atoms with Gasteiger partial charge in [-0.2, -0.15) is 4.57 Å². The second kappa shape index (κ2) is 9.52. The fourth-order valence-corrected chi connectivity index (χ4v) is 5.23. The maximum atomic E-state index is 2.36. The van der Waals surface area contributed by atoms with E-state index in [-0.39, 0.29) is 0 Å². The minimum Gasteiger partial charge on any atom is -0.194 e. The molecule has 0 radical (unpaired) electrons. The monoisotopic (exact) mass is 476 g/mol. The average molecular weight is 477 g/mol. The lowest BCUT2D eigenvalue weighted by Crippen LogP contribution is -2.32. The number of hydrogen-bond acceptors (Lipinski definition) is 0. The molecule has 0 bridgehead atoms. The van der Waals surface area contributed by atoms with Gasteiger partial charge in [-0.15, -0.1) is 0 Å². The van der Waals surface area contributed by atoms with Gasteiger partial charge >= 0.3 is 0 Å². The van der Waals surface area contributed by atoms with E-state index in [1.807, 2.05) is 0 Å². The molecule has 0 atom stereocenters. The second-order valence-electron chi connectivity index (χ2n) is 9.88. The molecule has 37 heavy (non-hydrogen) atoms. The van der Waals surface area contributed by atoms with Crippen molar-refractivity contribution in [3.63, 3.8) is 0 Å². The molecule has 1 heteroatoms. The Balaban J connectivity index is 1.74. The first-order valence-corrected chi connectivity index (χ1v) is 12.8. The molecule has 0 aliphatic carbocycles. The van der Waals surface area contributed by atoms with Crippen LogP contribution in [0.2, 0.25) is 0 Å². The summed E-state index contributed by atoms with van der Waals surface area (Å²) in [6, 6.07) is 46.4. The molecule has 0 aliphatic heterocycles. The fraction of sp³-hybridized carbons (Fsp3) is 0.0833. The molecule has 0 saturated heterocycles. The molecule has 1 nitrogen and oxygen atoms in total. The summed E-state index contributed by atoms with van der Waals surface area (Å²) in [5, 5.41) is 1.24. The van der Waals surface area contributed by atoms with Gasteiger partial charge in [0.15, 0.2) is 0 Å². The second-order valence-corrected chi connectivity index (χ2v) is 9.88. The highest BCUT2D eigenvalue weighted by Crippen LogP contribution is 2.42. The molecule has 5 aromatic carbocycles. The van der Waals surface area contributed by atoms with Crippen LogP contribution < -0.4 is 4.57 Å². The molecule has 1 heterocycles. The molecule has 0 fully saturated rings. The lowest BCUT2D eigenvalue weighted by atomic mass is 9.85. The predicted octanol–water partition coefficient (Wildman–Crippen LogP) is 8.95. The van der Waals surface area contributed by atoms with Gasteiger partial charge in [0.1, 0.15) is 7.05 Å². The van der Waals surface area contributed by atoms with Gasteiger partial charge in [0.2, 0.25) is 11.2 Å². The van der Waals surface area contributed by atoms with Crippen molar-refractivity contribution in [1.82, 2.24) is 0 Å². The molecule has 0 aliphatic rings. The number of para-hydroxylation sites is 1. The Bertz CT molecular complexity index is 1640. The topological polar surface area (TPSA) is 3.88 Å². The Kier molecular flexibility index (Phi) is 5.90. The molecule has 0 spiro atoms. The van der Waals surface area contributed by atoms with Crippen LogP contribution in [0.15, 0.2) is 127 Å². The van der Waals surface area contributed by atoms with Crippen molar-refractivity contribution in [2.75, 3.05) is 0 Å². The Morgan fingerprint density at radius 1 is 0.459 bits per heavy atom. The Hall–Kier alpha value is -4.49. The van der Waals surface area contributed by atoms with Crippen LogP contribution in [-0.4, -0.2) is 0 Å². The van der Waals surface area contributed by atoms with Crippen LogP contribution in [-0.2, 0) is 7.05 Å². The van der Waals surface area contributed by atoms with E-state index < -0.39 is 0 Å². The van der Waals surface area contributed by atoms with E-state index in [0.717, 1.165) is 0 Å². The Morgan fingerprint density at radius 2 is 1.00 bits per heavy atom. The summed E-state index contributed by atoms with van der Waals surface area (Å²) in [6.07, 6.45) is 0. The summed E-state index contributed by atoms with van der Waals surface area (Å²) >= 11 is 0. The third kappa shape index (κ3) is 4.34. The van der Waals surface area contributed by atoms with Crippen LogP contribution in [0.1, 0.15) is 11.1 Å². The summed E-state index contributed by atoms with van der Waals surface area (Å²) in [5.41, 5.74) is 13.6. The van der Waals surface area contributed by atoms with Gasteiger partial charge in [0.25, 0.3) is 0 Å². The molecule has 0 saturated carbocycles. The first kappa shape index (κ1) is 22.9. The lowest BCUT2D eigenvalue weighted by molar-refractivity contribution is -0.633. The molecular formula is C36H30N+. The molecule has 6 rings (SSSR count). The highest BCUT2D eigenvalue weighted by Gasteiger charge is 2.23. The quantitative estimate of drug-likeness (QED) is 0.224. The van der Waals surface area contributed by atoms with Crippen LogP contribution in [0.4, 0.5) is 0 Å². The van der Waals surface area contributed by atoms with E-state index in [1.165, 1.54) is 66.7 Å². The molecule has 6 aromatic rings. The van der Waals surface area contributed by atoms with Gasteiger partial charge < -0.3 is 0 Å². The van der Waals surface area contributed by atoms with E-state index >= 15 is 0 Å². The largest absolute Gasteiger partial charge is 0.214 e. The van der Waals surface area contributed by atoms with Crippen molar-refractivity contribution in [3.8, 4) is 44.6 Å². The molecule has 1 aromatic heterocycles. The molecular weight excluding hydrogens is 446 g/mol. The number of pyridine rings is 1. The summed E-state index contributed by atoms with van der Waals surface area (Å²) in [6.45, 7) is 4.29. The predicted molar refractivity (Wildman–Crippen MR) is 156 cm³/mol. The SMILES string of the molecule is Cc1ccc(-c2cc(-c3ccccc3)cc(-c3ccc(C)cc3)c2-c2ccc3ccccc3[n+]2C)cc1. The average Bonchev–Trinajstić information content (AvgIpc) is 2.94. The fourth-order valence-electron chi connectivity index (χ4n) is 5.23. The molecule has 0 N–H and O–H groups in total. The van der Waals surface area contributed by atoms with Gasteiger partial charge in [-0.1, -0.05) is 102 Å². The summed E-state index contributed by atoms with van der Waals surface area (Å²) in [7, 11) is 2.18. The van der Waals surface area contributed by atoms with Crippen LogP contribution in [0.5, 0.6) is 0 Å². The van der Waals surface area contributed by atoms with E-state index in [1.54, 1.807) is 0 Å². The smallest absolute Gasteiger partial charge is 0.194 e. The number of fused-ring (bicyclic) bond motifs is 1. The van der Waals surface area contributed by atoms with Gasteiger partial charge in [-0.25, -0.2) is 0 Å². The normalized spacial score (nSPS) is 11.1. The number of aryl methyl sites for hydroxylation is 3. The van der Waals surface area contributed by atoms with E-state index in [0.29, 0.717) is 0 Å². The third-order valence-corrected chi connectivity index (χ3v) is 7.31. The zero-order valence-electron chi connectivity index (χ0n) is 21.6. The maximum Gasteiger partial charge on any atom is 0.214 e. The number of aromatic nitrogens is 1. The Labute approximate surface area is 219 Å². The number of rotatable bonds is 4. The third-order valence-electron chi connectivity index (χ3n) is 7.31. The number of hydrogen-bond donors (Lipinski definition) is 0.